The second kappa shape index (κ2) is 7.62. The van der Waals surface area contributed by atoms with Crippen LogP contribution in [-0.2, 0) is 6.61 Å². The number of ether oxygens (including phenoxy) is 1. The zero-order valence-electron chi connectivity index (χ0n) is 14.4. The second-order valence-corrected chi connectivity index (χ2v) is 6.52. The van der Waals surface area contributed by atoms with Crippen molar-refractivity contribution in [2.45, 2.75) is 46.4 Å². The predicted molar refractivity (Wildman–Crippen MR) is 94.5 cm³/mol. The summed E-state index contributed by atoms with van der Waals surface area (Å²) in [6.07, 6.45) is -0.551. The highest BCUT2D eigenvalue weighted by atomic mass is 16.5. The third kappa shape index (κ3) is 4.34. The van der Waals surface area contributed by atoms with Crippen molar-refractivity contribution in [3.8, 4) is 5.75 Å². The molecule has 0 spiro atoms. The van der Waals surface area contributed by atoms with Gasteiger partial charge in [-0.2, -0.15) is 0 Å². The van der Waals surface area contributed by atoms with Gasteiger partial charge in [-0.05, 0) is 42.0 Å². The molecule has 0 aromatic heterocycles. The first-order valence-corrected chi connectivity index (χ1v) is 8.11. The molecule has 3 nitrogen and oxygen atoms in total. The molecule has 0 aliphatic heterocycles. The SMILES string of the molecule is Cc1cc([C@@H](N)[C@@H](O)C(C)C)cc(C)c1OCc1ccccc1. The standard InChI is InChI=1S/C20H27NO2/c1-13(2)19(22)18(21)17-10-14(3)20(15(4)11-17)23-12-16-8-6-5-7-9-16/h5-11,13,18-19,22H,12,21H2,1-4H3/t18-,19+/m1/s1. The number of nitrogens with two attached hydrogens (primary N) is 1. The van der Waals surface area contributed by atoms with Gasteiger partial charge in [0, 0.05) is 0 Å². The molecular weight excluding hydrogens is 286 g/mol. The van der Waals surface area contributed by atoms with E-state index < -0.39 is 6.10 Å². The van der Waals surface area contributed by atoms with Crippen LogP contribution in [0.15, 0.2) is 42.5 Å². The molecule has 0 fully saturated rings. The zero-order chi connectivity index (χ0) is 17.0. The molecule has 2 aromatic rings. The Kier molecular flexibility index (Phi) is 5.80. The Morgan fingerprint density at radius 2 is 1.61 bits per heavy atom. The van der Waals surface area contributed by atoms with Crippen molar-refractivity contribution in [1.82, 2.24) is 0 Å². The van der Waals surface area contributed by atoms with Gasteiger partial charge in [0.25, 0.3) is 0 Å². The third-order valence-corrected chi connectivity index (χ3v) is 4.14. The molecule has 0 unspecified atom stereocenters. The summed E-state index contributed by atoms with van der Waals surface area (Å²) >= 11 is 0. The highest BCUT2D eigenvalue weighted by molar-refractivity contribution is 5.44. The summed E-state index contributed by atoms with van der Waals surface area (Å²) < 4.78 is 5.99. The van der Waals surface area contributed by atoms with Gasteiger partial charge in [-0.1, -0.05) is 56.3 Å². The van der Waals surface area contributed by atoms with Crippen LogP contribution >= 0.6 is 0 Å². The summed E-state index contributed by atoms with van der Waals surface area (Å²) in [4.78, 5) is 0. The van der Waals surface area contributed by atoms with Crippen LogP contribution in [0.4, 0.5) is 0 Å². The number of rotatable bonds is 6. The molecule has 2 aromatic carbocycles. The first-order chi connectivity index (χ1) is 10.9. The fraction of sp³-hybridized carbons (Fsp3) is 0.400. The molecule has 0 saturated carbocycles. The minimum atomic E-state index is -0.551. The van der Waals surface area contributed by atoms with E-state index in [0.717, 1.165) is 28.0 Å². The van der Waals surface area contributed by atoms with E-state index in [2.05, 4.69) is 0 Å². The van der Waals surface area contributed by atoms with E-state index >= 15 is 0 Å². The summed E-state index contributed by atoms with van der Waals surface area (Å²) in [5, 5.41) is 10.2. The van der Waals surface area contributed by atoms with Gasteiger partial charge in [-0.25, -0.2) is 0 Å². The molecule has 23 heavy (non-hydrogen) atoms. The van der Waals surface area contributed by atoms with Crippen LogP contribution in [0.25, 0.3) is 0 Å². The monoisotopic (exact) mass is 313 g/mol. The second-order valence-electron chi connectivity index (χ2n) is 6.52. The summed E-state index contributed by atoms with van der Waals surface area (Å²) in [5.41, 5.74) is 10.4. The van der Waals surface area contributed by atoms with Crippen molar-refractivity contribution in [3.05, 3.63) is 64.7 Å². The maximum absolute atomic E-state index is 10.2. The highest BCUT2D eigenvalue weighted by Crippen LogP contribution is 2.29. The molecule has 0 aliphatic carbocycles. The molecule has 3 N–H and O–H groups in total. The number of aliphatic hydroxyl groups excluding tert-OH is 1. The van der Waals surface area contributed by atoms with Gasteiger partial charge in [-0.15, -0.1) is 0 Å². The summed E-state index contributed by atoms with van der Waals surface area (Å²) in [5.74, 6) is 1.02. The largest absolute Gasteiger partial charge is 0.488 e. The Morgan fingerprint density at radius 3 is 2.13 bits per heavy atom. The fourth-order valence-electron chi connectivity index (χ4n) is 2.75. The van der Waals surface area contributed by atoms with E-state index in [4.69, 9.17) is 10.5 Å². The van der Waals surface area contributed by atoms with Crippen LogP contribution < -0.4 is 10.5 Å². The lowest BCUT2D eigenvalue weighted by atomic mass is 9.92. The van der Waals surface area contributed by atoms with Crippen LogP contribution in [0.1, 0.15) is 42.1 Å². The van der Waals surface area contributed by atoms with Crippen LogP contribution in [0, 0.1) is 19.8 Å². The average Bonchev–Trinajstić information content (AvgIpc) is 2.53. The van der Waals surface area contributed by atoms with Crippen LogP contribution in [-0.4, -0.2) is 11.2 Å². The zero-order valence-corrected chi connectivity index (χ0v) is 14.4. The number of aryl methyl sites for hydroxylation is 2. The minimum Gasteiger partial charge on any atom is -0.488 e. The summed E-state index contributed by atoms with van der Waals surface area (Å²) in [6.45, 7) is 8.53. The van der Waals surface area contributed by atoms with Gasteiger partial charge < -0.3 is 15.6 Å². The van der Waals surface area contributed by atoms with Crippen LogP contribution in [0.5, 0.6) is 5.75 Å². The first-order valence-electron chi connectivity index (χ1n) is 8.11. The van der Waals surface area contributed by atoms with Gasteiger partial charge in [0.2, 0.25) is 0 Å². The molecule has 124 valence electrons. The van der Waals surface area contributed by atoms with Gasteiger partial charge in [-0.3, -0.25) is 0 Å². The number of benzene rings is 2. The Labute approximate surface area is 139 Å². The molecule has 3 heteroatoms. The summed E-state index contributed by atoms with van der Waals surface area (Å²) in [6, 6.07) is 13.8. The molecule has 0 heterocycles. The van der Waals surface area contributed by atoms with E-state index in [9.17, 15) is 5.11 Å². The van der Waals surface area contributed by atoms with Gasteiger partial charge in [0.15, 0.2) is 0 Å². The molecule has 0 saturated heterocycles. The first kappa shape index (κ1) is 17.5. The maximum atomic E-state index is 10.2. The quantitative estimate of drug-likeness (QED) is 0.850. The minimum absolute atomic E-state index is 0.125. The topological polar surface area (TPSA) is 55.5 Å². The molecule has 0 aliphatic rings. The lowest BCUT2D eigenvalue weighted by Crippen LogP contribution is -2.30. The van der Waals surface area contributed by atoms with Crippen LogP contribution in [0.3, 0.4) is 0 Å². The van der Waals surface area contributed by atoms with E-state index in [-0.39, 0.29) is 12.0 Å². The van der Waals surface area contributed by atoms with Gasteiger partial charge in [0.1, 0.15) is 12.4 Å². The Morgan fingerprint density at radius 1 is 1.04 bits per heavy atom. The smallest absolute Gasteiger partial charge is 0.125 e. The van der Waals surface area contributed by atoms with E-state index in [1.54, 1.807) is 0 Å². The number of hydrogen-bond donors (Lipinski definition) is 2. The third-order valence-electron chi connectivity index (χ3n) is 4.14. The lowest BCUT2D eigenvalue weighted by Gasteiger charge is -2.24. The maximum Gasteiger partial charge on any atom is 0.125 e. The normalized spacial score (nSPS) is 13.9. The van der Waals surface area contributed by atoms with Gasteiger partial charge >= 0.3 is 0 Å². The van der Waals surface area contributed by atoms with E-state index in [0.29, 0.717) is 6.61 Å². The highest BCUT2D eigenvalue weighted by Gasteiger charge is 2.21. The molecule has 0 amide bonds. The van der Waals surface area contributed by atoms with Crippen molar-refractivity contribution >= 4 is 0 Å². The Balaban J connectivity index is 2.17. The predicted octanol–water partition coefficient (Wildman–Crippen LogP) is 3.90. The average molecular weight is 313 g/mol. The Hall–Kier alpha value is -1.84. The van der Waals surface area contributed by atoms with E-state index in [1.807, 2.05) is 70.2 Å². The van der Waals surface area contributed by atoms with E-state index in [1.165, 1.54) is 0 Å². The fourth-order valence-corrected chi connectivity index (χ4v) is 2.75. The number of aliphatic hydroxyl groups is 1. The van der Waals surface area contributed by atoms with Crippen molar-refractivity contribution in [2.24, 2.45) is 11.7 Å². The molecule has 0 bridgehead atoms. The van der Waals surface area contributed by atoms with Crippen LogP contribution in [0.2, 0.25) is 0 Å². The molecule has 0 radical (unpaired) electrons. The van der Waals surface area contributed by atoms with Gasteiger partial charge in [0.05, 0.1) is 12.1 Å². The molecule has 2 rings (SSSR count). The Bertz CT molecular complexity index is 614. The molecular formula is C20H27NO2. The van der Waals surface area contributed by atoms with Crippen molar-refractivity contribution in [3.63, 3.8) is 0 Å². The lowest BCUT2D eigenvalue weighted by molar-refractivity contribution is 0.0979. The number of hydrogen-bond acceptors (Lipinski definition) is 3. The van der Waals surface area contributed by atoms with Crippen molar-refractivity contribution in [2.75, 3.05) is 0 Å². The van der Waals surface area contributed by atoms with Crippen molar-refractivity contribution < 1.29 is 9.84 Å². The van der Waals surface area contributed by atoms with Crippen molar-refractivity contribution in [1.29, 1.82) is 0 Å². The summed E-state index contributed by atoms with van der Waals surface area (Å²) in [7, 11) is 0. The molecule has 2 atom stereocenters.